The fourth-order valence-electron chi connectivity index (χ4n) is 3.32. The van der Waals surface area contributed by atoms with Crippen LogP contribution < -0.4 is 20.3 Å². The zero-order valence-corrected chi connectivity index (χ0v) is 19.6. The second kappa shape index (κ2) is 10.8. The summed E-state index contributed by atoms with van der Waals surface area (Å²) in [6.07, 6.45) is 0.0470. The fourth-order valence-corrected chi connectivity index (χ4v) is 4.16. The number of ether oxygens (including phenoxy) is 2. The number of amides is 2. The van der Waals surface area contributed by atoms with E-state index in [1.807, 2.05) is 36.4 Å². The van der Waals surface area contributed by atoms with E-state index in [1.54, 1.807) is 49.2 Å². The Kier molecular flexibility index (Phi) is 7.34. The van der Waals surface area contributed by atoms with Gasteiger partial charge in [-0.1, -0.05) is 42.1 Å². The van der Waals surface area contributed by atoms with Crippen LogP contribution in [0.2, 0.25) is 0 Å². The van der Waals surface area contributed by atoms with Crippen LogP contribution in [0.4, 0.5) is 0 Å². The molecule has 8 nitrogen and oxygen atoms in total. The Morgan fingerprint density at radius 2 is 1.76 bits per heavy atom. The van der Waals surface area contributed by atoms with Crippen LogP contribution in [0.15, 0.2) is 71.9 Å². The summed E-state index contributed by atoms with van der Waals surface area (Å²) in [4.78, 5) is 32.5. The Balaban J connectivity index is 1.27. The Labute approximate surface area is 201 Å². The van der Waals surface area contributed by atoms with Crippen LogP contribution in [-0.4, -0.2) is 36.0 Å². The maximum absolute atomic E-state index is 12.4. The molecule has 0 aliphatic heterocycles. The zero-order chi connectivity index (χ0) is 23.9. The number of para-hydroxylation sites is 2. The van der Waals surface area contributed by atoms with Gasteiger partial charge in [-0.3, -0.25) is 20.4 Å². The van der Waals surface area contributed by atoms with Crippen LogP contribution >= 0.6 is 11.8 Å². The average Bonchev–Trinajstić information content (AvgIpc) is 3.29. The number of aromatic nitrogens is 2. The summed E-state index contributed by atoms with van der Waals surface area (Å²) < 4.78 is 10.5. The molecule has 1 heterocycles. The molecule has 0 saturated carbocycles. The summed E-state index contributed by atoms with van der Waals surface area (Å²) in [5, 5.41) is 0.847. The Morgan fingerprint density at radius 3 is 2.50 bits per heavy atom. The molecule has 0 aliphatic carbocycles. The Morgan fingerprint density at radius 1 is 0.971 bits per heavy atom. The van der Waals surface area contributed by atoms with Crippen LogP contribution in [-0.2, 0) is 17.0 Å². The Hall–Kier alpha value is -3.98. The van der Waals surface area contributed by atoms with Gasteiger partial charge in [0.15, 0.2) is 5.16 Å². The summed E-state index contributed by atoms with van der Waals surface area (Å²) in [5.74, 6) is 1.12. The molecule has 3 aromatic carbocycles. The van der Waals surface area contributed by atoms with Crippen molar-refractivity contribution in [1.82, 2.24) is 20.8 Å². The van der Waals surface area contributed by atoms with Gasteiger partial charge in [-0.05, 0) is 35.9 Å². The van der Waals surface area contributed by atoms with Crippen LogP contribution in [0, 0.1) is 0 Å². The molecule has 0 bridgehead atoms. The van der Waals surface area contributed by atoms with Crippen molar-refractivity contribution in [2.45, 2.75) is 17.3 Å². The van der Waals surface area contributed by atoms with E-state index >= 15 is 0 Å². The van der Waals surface area contributed by atoms with E-state index in [0.29, 0.717) is 28.4 Å². The van der Waals surface area contributed by atoms with E-state index in [0.717, 1.165) is 21.8 Å². The van der Waals surface area contributed by atoms with Crippen molar-refractivity contribution in [3.8, 4) is 11.5 Å². The summed E-state index contributed by atoms with van der Waals surface area (Å²) in [6, 6.07) is 20.3. The lowest BCUT2D eigenvalue weighted by atomic mass is 10.1. The van der Waals surface area contributed by atoms with Crippen LogP contribution in [0.25, 0.3) is 11.0 Å². The molecule has 2 amide bonds. The van der Waals surface area contributed by atoms with Crippen molar-refractivity contribution in [2.24, 2.45) is 0 Å². The molecule has 0 unspecified atom stereocenters. The number of rotatable bonds is 8. The number of methoxy groups -OCH3 is 2. The van der Waals surface area contributed by atoms with Crippen molar-refractivity contribution in [3.05, 3.63) is 83.4 Å². The molecule has 174 valence electrons. The van der Waals surface area contributed by atoms with Crippen molar-refractivity contribution < 1.29 is 19.1 Å². The molecule has 0 fully saturated rings. The lowest BCUT2D eigenvalue weighted by Gasteiger charge is -2.11. The van der Waals surface area contributed by atoms with E-state index in [4.69, 9.17) is 9.47 Å². The second-order valence-corrected chi connectivity index (χ2v) is 8.37. The van der Waals surface area contributed by atoms with Gasteiger partial charge in [0.1, 0.15) is 11.5 Å². The maximum Gasteiger partial charge on any atom is 0.269 e. The molecule has 34 heavy (non-hydrogen) atoms. The summed E-state index contributed by atoms with van der Waals surface area (Å²) in [6.45, 7) is 0. The molecular weight excluding hydrogens is 452 g/mol. The minimum Gasteiger partial charge on any atom is -0.497 e. The molecule has 3 N–H and O–H groups in total. The first kappa shape index (κ1) is 23.2. The number of hydrazine groups is 1. The molecule has 0 atom stereocenters. The number of nitrogens with zero attached hydrogens (tertiary/aromatic N) is 1. The van der Waals surface area contributed by atoms with Gasteiger partial charge in [-0.2, -0.15) is 0 Å². The van der Waals surface area contributed by atoms with E-state index in [2.05, 4.69) is 20.8 Å². The minimum atomic E-state index is -0.397. The molecule has 0 saturated heterocycles. The van der Waals surface area contributed by atoms with Crippen molar-refractivity contribution in [3.63, 3.8) is 0 Å². The van der Waals surface area contributed by atoms with Crippen LogP contribution in [0.3, 0.4) is 0 Å². The number of imidazole rings is 1. The highest BCUT2D eigenvalue weighted by atomic mass is 32.2. The standard InChI is InChI=1S/C25H24N4O4S/c1-32-19-12-11-18(22(14-19)33-2)13-23(30)28-29-24(31)17-9-7-16(8-10-17)15-34-25-26-20-5-3-4-6-21(20)27-25/h3-12,14H,13,15H2,1-2H3,(H,26,27)(H,28,30)(H,29,31). The van der Waals surface area contributed by atoms with Gasteiger partial charge in [-0.25, -0.2) is 4.98 Å². The maximum atomic E-state index is 12.4. The number of hydrogen-bond acceptors (Lipinski definition) is 6. The third kappa shape index (κ3) is 5.68. The van der Waals surface area contributed by atoms with Gasteiger partial charge in [0.2, 0.25) is 5.91 Å². The highest BCUT2D eigenvalue weighted by Gasteiger charge is 2.12. The van der Waals surface area contributed by atoms with Gasteiger partial charge in [0.25, 0.3) is 5.91 Å². The largest absolute Gasteiger partial charge is 0.497 e. The zero-order valence-electron chi connectivity index (χ0n) is 18.8. The first-order valence-electron chi connectivity index (χ1n) is 10.5. The molecule has 4 rings (SSSR count). The topological polar surface area (TPSA) is 105 Å². The predicted molar refractivity (Wildman–Crippen MR) is 131 cm³/mol. The number of nitrogens with one attached hydrogen (secondary N) is 3. The molecule has 9 heteroatoms. The normalized spacial score (nSPS) is 10.6. The predicted octanol–water partition coefficient (Wildman–Crippen LogP) is 3.88. The SMILES string of the molecule is COc1ccc(CC(=O)NNC(=O)c2ccc(CSc3nc4ccccc4[nH]3)cc2)c(OC)c1. The molecule has 1 aromatic heterocycles. The first-order chi connectivity index (χ1) is 16.6. The number of carbonyl (C=O) groups excluding carboxylic acids is 2. The van der Waals surface area contributed by atoms with Gasteiger partial charge in [-0.15, -0.1) is 0 Å². The molecule has 4 aromatic rings. The summed E-state index contributed by atoms with van der Waals surface area (Å²) >= 11 is 1.59. The van der Waals surface area contributed by atoms with E-state index in [-0.39, 0.29) is 12.3 Å². The molecule has 0 spiro atoms. The number of aromatic amines is 1. The van der Waals surface area contributed by atoms with Crippen molar-refractivity contribution in [2.75, 3.05) is 14.2 Å². The Bertz CT molecular complexity index is 1270. The smallest absolute Gasteiger partial charge is 0.269 e. The van der Waals surface area contributed by atoms with Crippen molar-refractivity contribution >= 4 is 34.6 Å². The molecular formula is C25H24N4O4S. The third-order valence-electron chi connectivity index (χ3n) is 5.12. The summed E-state index contributed by atoms with van der Waals surface area (Å²) in [5.41, 5.74) is 9.01. The monoisotopic (exact) mass is 476 g/mol. The van der Waals surface area contributed by atoms with Gasteiger partial charge in [0, 0.05) is 22.9 Å². The number of benzene rings is 3. The molecule has 0 radical (unpaired) electrons. The lowest BCUT2D eigenvalue weighted by Crippen LogP contribution is -2.42. The highest BCUT2D eigenvalue weighted by molar-refractivity contribution is 7.98. The number of H-pyrrole nitrogens is 1. The number of hydrogen-bond donors (Lipinski definition) is 3. The second-order valence-electron chi connectivity index (χ2n) is 7.40. The number of carbonyl (C=O) groups is 2. The van der Waals surface area contributed by atoms with E-state index < -0.39 is 5.91 Å². The highest BCUT2D eigenvalue weighted by Crippen LogP contribution is 2.25. The van der Waals surface area contributed by atoms with E-state index in [1.165, 1.54) is 7.11 Å². The van der Waals surface area contributed by atoms with Gasteiger partial charge >= 0.3 is 0 Å². The fraction of sp³-hybridized carbons (Fsp3) is 0.160. The van der Waals surface area contributed by atoms with Gasteiger partial charge < -0.3 is 14.5 Å². The lowest BCUT2D eigenvalue weighted by molar-refractivity contribution is -0.121. The quantitative estimate of drug-likeness (QED) is 0.263. The minimum absolute atomic E-state index is 0.0470. The third-order valence-corrected chi connectivity index (χ3v) is 6.06. The number of thioether (sulfide) groups is 1. The average molecular weight is 477 g/mol. The molecule has 0 aliphatic rings. The van der Waals surface area contributed by atoms with Gasteiger partial charge in [0.05, 0.1) is 31.7 Å². The first-order valence-corrected chi connectivity index (χ1v) is 11.5. The number of fused-ring (bicyclic) bond motifs is 1. The van der Waals surface area contributed by atoms with Crippen molar-refractivity contribution in [1.29, 1.82) is 0 Å². The van der Waals surface area contributed by atoms with Crippen LogP contribution in [0.5, 0.6) is 11.5 Å². The summed E-state index contributed by atoms with van der Waals surface area (Å²) in [7, 11) is 3.08. The van der Waals surface area contributed by atoms with E-state index in [9.17, 15) is 9.59 Å². The van der Waals surface area contributed by atoms with Crippen LogP contribution in [0.1, 0.15) is 21.5 Å².